The highest BCUT2D eigenvalue weighted by molar-refractivity contribution is 7.89. The Morgan fingerprint density at radius 1 is 1.10 bits per heavy atom. The maximum absolute atomic E-state index is 12.8. The SMILES string of the molecule is CC(C)NS(=O)(=O)c1cccc(C(=O)OCC(=O)NCCc2ccc(F)cc2)c1. The average molecular weight is 422 g/mol. The topological polar surface area (TPSA) is 102 Å². The lowest BCUT2D eigenvalue weighted by Gasteiger charge is -2.11. The summed E-state index contributed by atoms with van der Waals surface area (Å²) in [6.45, 7) is 3.18. The highest BCUT2D eigenvalue weighted by atomic mass is 32.2. The van der Waals surface area contributed by atoms with E-state index in [1.165, 1.54) is 36.4 Å². The van der Waals surface area contributed by atoms with Gasteiger partial charge in [-0.15, -0.1) is 0 Å². The van der Waals surface area contributed by atoms with Crippen LogP contribution in [0.1, 0.15) is 29.8 Å². The first-order chi connectivity index (χ1) is 13.7. The average Bonchev–Trinajstić information content (AvgIpc) is 2.67. The fourth-order valence-corrected chi connectivity index (χ4v) is 3.73. The van der Waals surface area contributed by atoms with Crippen LogP contribution in [0.2, 0.25) is 0 Å². The molecule has 29 heavy (non-hydrogen) atoms. The molecule has 0 bridgehead atoms. The zero-order valence-electron chi connectivity index (χ0n) is 16.1. The minimum Gasteiger partial charge on any atom is -0.452 e. The molecule has 0 saturated carbocycles. The van der Waals surface area contributed by atoms with Crippen LogP contribution in [0.4, 0.5) is 4.39 Å². The van der Waals surface area contributed by atoms with Gasteiger partial charge in [0, 0.05) is 12.6 Å². The molecule has 7 nitrogen and oxygen atoms in total. The van der Waals surface area contributed by atoms with E-state index in [9.17, 15) is 22.4 Å². The maximum Gasteiger partial charge on any atom is 0.338 e. The van der Waals surface area contributed by atoms with Gasteiger partial charge in [0.25, 0.3) is 5.91 Å². The second-order valence-corrected chi connectivity index (χ2v) is 8.32. The first kappa shape index (κ1) is 22.5. The van der Waals surface area contributed by atoms with Gasteiger partial charge in [0.15, 0.2) is 6.61 Å². The summed E-state index contributed by atoms with van der Waals surface area (Å²) in [6, 6.07) is 11.0. The lowest BCUT2D eigenvalue weighted by atomic mass is 10.1. The molecule has 156 valence electrons. The molecular weight excluding hydrogens is 399 g/mol. The van der Waals surface area contributed by atoms with Crippen molar-refractivity contribution in [1.29, 1.82) is 0 Å². The molecule has 0 spiro atoms. The lowest BCUT2D eigenvalue weighted by Crippen LogP contribution is -2.31. The Morgan fingerprint density at radius 3 is 2.45 bits per heavy atom. The van der Waals surface area contributed by atoms with Gasteiger partial charge in [-0.2, -0.15) is 0 Å². The van der Waals surface area contributed by atoms with Crippen LogP contribution in [0.25, 0.3) is 0 Å². The molecule has 0 atom stereocenters. The number of halogens is 1. The molecule has 0 radical (unpaired) electrons. The van der Waals surface area contributed by atoms with Crippen LogP contribution < -0.4 is 10.0 Å². The van der Waals surface area contributed by atoms with Crippen LogP contribution in [0.15, 0.2) is 53.4 Å². The van der Waals surface area contributed by atoms with E-state index in [-0.39, 0.29) is 22.3 Å². The first-order valence-corrected chi connectivity index (χ1v) is 10.5. The summed E-state index contributed by atoms with van der Waals surface area (Å²) in [4.78, 5) is 23.9. The van der Waals surface area contributed by atoms with E-state index in [0.29, 0.717) is 13.0 Å². The van der Waals surface area contributed by atoms with Crippen molar-refractivity contribution in [3.63, 3.8) is 0 Å². The predicted octanol–water partition coefficient (Wildman–Crippen LogP) is 2.03. The Kier molecular flexibility index (Phi) is 7.86. The smallest absolute Gasteiger partial charge is 0.338 e. The van der Waals surface area contributed by atoms with Gasteiger partial charge >= 0.3 is 5.97 Å². The molecular formula is C20H23FN2O5S. The number of carbonyl (C=O) groups excluding carboxylic acids is 2. The van der Waals surface area contributed by atoms with Crippen molar-refractivity contribution < 1.29 is 27.1 Å². The summed E-state index contributed by atoms with van der Waals surface area (Å²) in [5.41, 5.74) is 0.882. The molecule has 0 aliphatic rings. The maximum atomic E-state index is 12.8. The molecule has 0 saturated heterocycles. The van der Waals surface area contributed by atoms with E-state index < -0.39 is 28.5 Å². The molecule has 2 N–H and O–H groups in total. The molecule has 0 aromatic heterocycles. The van der Waals surface area contributed by atoms with Gasteiger partial charge in [0.1, 0.15) is 5.82 Å². The second kappa shape index (κ2) is 10.1. The van der Waals surface area contributed by atoms with E-state index >= 15 is 0 Å². The molecule has 0 unspecified atom stereocenters. The summed E-state index contributed by atoms with van der Waals surface area (Å²) in [6.07, 6.45) is 0.503. The number of rotatable bonds is 9. The van der Waals surface area contributed by atoms with Gasteiger partial charge in [0.05, 0.1) is 10.5 Å². The van der Waals surface area contributed by atoms with E-state index in [0.717, 1.165) is 5.56 Å². The highest BCUT2D eigenvalue weighted by Gasteiger charge is 2.18. The van der Waals surface area contributed by atoms with Crippen molar-refractivity contribution >= 4 is 21.9 Å². The molecule has 0 fully saturated rings. The number of benzene rings is 2. The van der Waals surface area contributed by atoms with Crippen molar-refractivity contribution in [3.8, 4) is 0 Å². The van der Waals surface area contributed by atoms with Crippen molar-refractivity contribution in [1.82, 2.24) is 10.0 Å². The summed E-state index contributed by atoms with van der Waals surface area (Å²) >= 11 is 0. The molecule has 0 heterocycles. The van der Waals surface area contributed by atoms with Crippen LogP contribution in [0.5, 0.6) is 0 Å². The Hall–Kier alpha value is -2.78. The number of carbonyl (C=O) groups is 2. The fourth-order valence-electron chi connectivity index (χ4n) is 2.43. The summed E-state index contributed by atoms with van der Waals surface area (Å²) in [5, 5.41) is 2.59. The number of nitrogens with one attached hydrogen (secondary N) is 2. The predicted molar refractivity (Wildman–Crippen MR) is 105 cm³/mol. The van der Waals surface area contributed by atoms with E-state index in [1.807, 2.05) is 0 Å². The number of hydrogen-bond donors (Lipinski definition) is 2. The van der Waals surface area contributed by atoms with Crippen LogP contribution in [-0.4, -0.2) is 39.5 Å². The molecule has 0 aliphatic carbocycles. The number of ether oxygens (including phenoxy) is 1. The van der Waals surface area contributed by atoms with Crippen molar-refractivity contribution in [3.05, 3.63) is 65.5 Å². The van der Waals surface area contributed by atoms with Crippen LogP contribution in [-0.2, 0) is 26.0 Å². The largest absolute Gasteiger partial charge is 0.452 e. The van der Waals surface area contributed by atoms with Crippen molar-refractivity contribution in [2.24, 2.45) is 0 Å². The summed E-state index contributed by atoms with van der Waals surface area (Å²) < 4.78 is 44.6. The Balaban J connectivity index is 1.84. The molecule has 2 rings (SSSR count). The van der Waals surface area contributed by atoms with Gasteiger partial charge < -0.3 is 10.1 Å². The number of amides is 1. The second-order valence-electron chi connectivity index (χ2n) is 6.61. The number of sulfonamides is 1. The molecule has 2 aromatic rings. The quantitative estimate of drug-likeness (QED) is 0.602. The van der Waals surface area contributed by atoms with Crippen molar-refractivity contribution in [2.75, 3.05) is 13.2 Å². The highest BCUT2D eigenvalue weighted by Crippen LogP contribution is 2.13. The third-order valence-corrected chi connectivity index (χ3v) is 5.41. The molecule has 1 amide bonds. The van der Waals surface area contributed by atoms with Crippen molar-refractivity contribution in [2.45, 2.75) is 31.2 Å². The normalized spacial score (nSPS) is 11.3. The van der Waals surface area contributed by atoms with Crippen LogP contribution >= 0.6 is 0 Å². The summed E-state index contributed by atoms with van der Waals surface area (Å²) in [5.74, 6) is -1.63. The third-order valence-electron chi connectivity index (χ3n) is 3.75. The Morgan fingerprint density at radius 2 is 1.79 bits per heavy atom. The third kappa shape index (κ3) is 7.28. The Bertz CT molecular complexity index is 959. The lowest BCUT2D eigenvalue weighted by molar-refractivity contribution is -0.124. The molecule has 9 heteroatoms. The zero-order chi connectivity index (χ0) is 21.4. The first-order valence-electron chi connectivity index (χ1n) is 8.98. The minimum atomic E-state index is -3.75. The van der Waals surface area contributed by atoms with Crippen LogP contribution in [0, 0.1) is 5.82 Å². The number of hydrogen-bond acceptors (Lipinski definition) is 5. The fraction of sp³-hybridized carbons (Fsp3) is 0.300. The van der Waals surface area contributed by atoms with Gasteiger partial charge in [-0.1, -0.05) is 18.2 Å². The molecule has 0 aliphatic heterocycles. The standard InChI is InChI=1S/C20H23FN2O5S/c1-14(2)23-29(26,27)18-5-3-4-16(12-18)20(25)28-13-19(24)22-11-10-15-6-8-17(21)9-7-15/h3-9,12,14,23H,10-11,13H2,1-2H3,(H,22,24). The van der Waals surface area contributed by atoms with Gasteiger partial charge in [-0.3, -0.25) is 4.79 Å². The minimum absolute atomic E-state index is 0.0238. The van der Waals surface area contributed by atoms with E-state index in [1.54, 1.807) is 26.0 Å². The molecule has 2 aromatic carbocycles. The monoisotopic (exact) mass is 422 g/mol. The number of esters is 1. The van der Waals surface area contributed by atoms with Gasteiger partial charge in [0.2, 0.25) is 10.0 Å². The van der Waals surface area contributed by atoms with Crippen LogP contribution in [0.3, 0.4) is 0 Å². The van der Waals surface area contributed by atoms with Gasteiger partial charge in [-0.25, -0.2) is 22.3 Å². The zero-order valence-corrected chi connectivity index (χ0v) is 17.0. The van der Waals surface area contributed by atoms with Gasteiger partial charge in [-0.05, 0) is 56.2 Å². The summed E-state index contributed by atoms with van der Waals surface area (Å²) in [7, 11) is -3.75. The van der Waals surface area contributed by atoms with E-state index in [4.69, 9.17) is 4.74 Å². The van der Waals surface area contributed by atoms with E-state index in [2.05, 4.69) is 10.0 Å². The Labute approximate surface area is 169 Å².